The van der Waals surface area contributed by atoms with Gasteiger partial charge in [-0.2, -0.15) is 23.4 Å². The van der Waals surface area contributed by atoms with Crippen molar-refractivity contribution in [2.75, 3.05) is 6.54 Å². The highest BCUT2D eigenvalue weighted by Crippen LogP contribution is 2.31. The fourth-order valence-corrected chi connectivity index (χ4v) is 2.86. The standard InChI is InChI=1S/C12H11F3N6O3S/c13-12(14,15)10-5-8(19-20-10)9-1-2-11(24-9)25(22,23)18-3-4-21-7-16-6-17-21/h1-2,5-7,18H,3-4H2,(H,19,20). The van der Waals surface area contributed by atoms with Crippen LogP contribution in [0.15, 0.2) is 40.4 Å². The van der Waals surface area contributed by atoms with E-state index >= 15 is 0 Å². The minimum absolute atomic E-state index is 0.0301. The maximum atomic E-state index is 12.5. The summed E-state index contributed by atoms with van der Waals surface area (Å²) in [4.78, 5) is 3.72. The van der Waals surface area contributed by atoms with E-state index in [4.69, 9.17) is 4.42 Å². The van der Waals surface area contributed by atoms with Crippen molar-refractivity contribution in [1.29, 1.82) is 0 Å². The summed E-state index contributed by atoms with van der Waals surface area (Å²) in [6.45, 7) is 0.281. The first-order valence-electron chi connectivity index (χ1n) is 6.80. The highest BCUT2D eigenvalue weighted by atomic mass is 32.2. The van der Waals surface area contributed by atoms with Crippen molar-refractivity contribution in [3.63, 3.8) is 0 Å². The molecular weight excluding hydrogens is 365 g/mol. The molecule has 3 heterocycles. The van der Waals surface area contributed by atoms with Crippen molar-refractivity contribution in [2.24, 2.45) is 0 Å². The Morgan fingerprint density at radius 3 is 2.76 bits per heavy atom. The van der Waals surface area contributed by atoms with Crippen LogP contribution in [0.25, 0.3) is 11.5 Å². The molecule has 0 bridgehead atoms. The van der Waals surface area contributed by atoms with Crippen LogP contribution < -0.4 is 4.72 Å². The summed E-state index contributed by atoms with van der Waals surface area (Å²) < 4.78 is 70.7. The van der Waals surface area contributed by atoms with Gasteiger partial charge in [-0.3, -0.25) is 9.78 Å². The molecule has 0 atom stereocenters. The minimum Gasteiger partial charge on any atom is -0.442 e. The van der Waals surface area contributed by atoms with E-state index in [2.05, 4.69) is 19.9 Å². The van der Waals surface area contributed by atoms with Crippen LogP contribution in [0.4, 0.5) is 13.2 Å². The molecule has 0 spiro atoms. The van der Waals surface area contributed by atoms with Gasteiger partial charge in [0.05, 0.1) is 6.54 Å². The van der Waals surface area contributed by atoms with Gasteiger partial charge in [-0.25, -0.2) is 18.1 Å². The van der Waals surface area contributed by atoms with Gasteiger partial charge in [0.1, 0.15) is 24.0 Å². The topological polar surface area (TPSA) is 119 Å². The summed E-state index contributed by atoms with van der Waals surface area (Å²) in [6.07, 6.45) is -1.85. The number of aromatic nitrogens is 5. The molecule has 0 radical (unpaired) electrons. The Bertz CT molecular complexity index is 945. The molecule has 0 aliphatic carbocycles. The zero-order valence-corrected chi connectivity index (χ0v) is 13.2. The summed E-state index contributed by atoms with van der Waals surface area (Å²) in [5.74, 6) is -0.108. The molecule has 0 amide bonds. The van der Waals surface area contributed by atoms with E-state index < -0.39 is 27.0 Å². The first kappa shape index (κ1) is 17.2. The zero-order valence-electron chi connectivity index (χ0n) is 12.4. The summed E-state index contributed by atoms with van der Waals surface area (Å²) in [6, 6.07) is 3.09. The van der Waals surface area contributed by atoms with Crippen molar-refractivity contribution in [2.45, 2.75) is 17.8 Å². The van der Waals surface area contributed by atoms with Crippen LogP contribution in [0.5, 0.6) is 0 Å². The van der Waals surface area contributed by atoms with Gasteiger partial charge in [0.25, 0.3) is 10.0 Å². The van der Waals surface area contributed by atoms with Crippen LogP contribution in [0.1, 0.15) is 5.69 Å². The Hall–Kier alpha value is -2.67. The van der Waals surface area contributed by atoms with Gasteiger partial charge in [0.15, 0.2) is 5.76 Å². The first-order valence-corrected chi connectivity index (χ1v) is 8.29. The molecular formula is C12H11F3N6O3S. The van der Waals surface area contributed by atoms with E-state index in [1.165, 1.54) is 23.4 Å². The normalized spacial score (nSPS) is 12.6. The fourth-order valence-electron chi connectivity index (χ4n) is 1.91. The number of nitrogens with zero attached hydrogens (tertiary/aromatic N) is 4. The third-order valence-electron chi connectivity index (χ3n) is 3.08. The zero-order chi connectivity index (χ0) is 18.1. The average Bonchev–Trinajstić information content (AvgIpc) is 3.27. The van der Waals surface area contributed by atoms with Crippen molar-refractivity contribution in [3.8, 4) is 11.5 Å². The largest absolute Gasteiger partial charge is 0.442 e. The van der Waals surface area contributed by atoms with Crippen LogP contribution in [0, 0.1) is 0 Å². The molecule has 134 valence electrons. The molecule has 13 heteroatoms. The lowest BCUT2D eigenvalue weighted by atomic mass is 10.3. The second-order valence-corrected chi connectivity index (χ2v) is 6.54. The fraction of sp³-hybridized carbons (Fsp3) is 0.250. The lowest BCUT2D eigenvalue weighted by molar-refractivity contribution is -0.141. The van der Waals surface area contributed by atoms with Crippen molar-refractivity contribution in [1.82, 2.24) is 29.7 Å². The predicted octanol–water partition coefficient (Wildman–Crippen LogP) is 1.26. The van der Waals surface area contributed by atoms with Gasteiger partial charge in [-0.1, -0.05) is 0 Å². The van der Waals surface area contributed by atoms with Crippen LogP contribution >= 0.6 is 0 Å². The number of hydrogen-bond acceptors (Lipinski definition) is 6. The van der Waals surface area contributed by atoms with Gasteiger partial charge in [0.2, 0.25) is 5.09 Å². The molecule has 3 aromatic rings. The van der Waals surface area contributed by atoms with Crippen LogP contribution in [-0.2, 0) is 22.7 Å². The number of aromatic amines is 1. The number of nitrogens with one attached hydrogen (secondary N) is 2. The summed E-state index contributed by atoms with van der Waals surface area (Å²) in [7, 11) is -3.96. The molecule has 2 N–H and O–H groups in total. The number of alkyl halides is 3. The second-order valence-electron chi connectivity index (χ2n) is 4.84. The molecule has 9 nitrogen and oxygen atoms in total. The quantitative estimate of drug-likeness (QED) is 0.669. The van der Waals surface area contributed by atoms with E-state index in [0.29, 0.717) is 0 Å². The smallest absolute Gasteiger partial charge is 0.432 e. The predicted molar refractivity (Wildman–Crippen MR) is 76.5 cm³/mol. The summed E-state index contributed by atoms with van der Waals surface area (Å²) >= 11 is 0. The van der Waals surface area contributed by atoms with Gasteiger partial charge >= 0.3 is 6.18 Å². The van der Waals surface area contributed by atoms with E-state index in [9.17, 15) is 21.6 Å². The maximum absolute atomic E-state index is 12.5. The molecule has 0 aromatic carbocycles. The van der Waals surface area contributed by atoms with E-state index in [1.54, 1.807) is 0 Å². The number of furan rings is 1. The lowest BCUT2D eigenvalue weighted by Crippen LogP contribution is -2.27. The van der Waals surface area contributed by atoms with E-state index in [1.807, 2.05) is 5.10 Å². The highest BCUT2D eigenvalue weighted by molar-refractivity contribution is 7.89. The highest BCUT2D eigenvalue weighted by Gasteiger charge is 2.33. The van der Waals surface area contributed by atoms with Crippen molar-refractivity contribution >= 4 is 10.0 Å². The Morgan fingerprint density at radius 1 is 1.32 bits per heavy atom. The van der Waals surface area contributed by atoms with Gasteiger partial charge < -0.3 is 4.42 Å². The van der Waals surface area contributed by atoms with Crippen LogP contribution in [0.3, 0.4) is 0 Å². The summed E-state index contributed by atoms with van der Waals surface area (Å²) in [5, 5.41) is 8.68. The van der Waals surface area contributed by atoms with E-state index in [0.717, 1.165) is 12.1 Å². The van der Waals surface area contributed by atoms with E-state index in [-0.39, 0.29) is 24.5 Å². The SMILES string of the molecule is O=S(=O)(NCCn1cncn1)c1ccc(-c2cc(C(F)(F)F)[nH]n2)o1. The first-order chi connectivity index (χ1) is 11.8. The van der Waals surface area contributed by atoms with Gasteiger partial charge in [-0.05, 0) is 18.2 Å². The van der Waals surface area contributed by atoms with Crippen molar-refractivity contribution in [3.05, 3.63) is 36.5 Å². The maximum Gasteiger partial charge on any atom is 0.432 e. The average molecular weight is 376 g/mol. The summed E-state index contributed by atoms with van der Waals surface area (Å²) in [5.41, 5.74) is -1.22. The molecule has 3 aromatic heterocycles. The Kier molecular flexibility index (Phi) is 4.34. The number of rotatable bonds is 6. The molecule has 0 saturated heterocycles. The number of halogens is 3. The van der Waals surface area contributed by atoms with Crippen LogP contribution in [0.2, 0.25) is 0 Å². The molecule has 25 heavy (non-hydrogen) atoms. The lowest BCUT2D eigenvalue weighted by Gasteiger charge is -2.03. The third kappa shape index (κ3) is 3.88. The number of sulfonamides is 1. The monoisotopic (exact) mass is 376 g/mol. The molecule has 0 aliphatic heterocycles. The second kappa shape index (κ2) is 6.33. The number of H-pyrrole nitrogens is 1. The molecule has 0 aliphatic rings. The Balaban J connectivity index is 1.70. The Labute approximate surface area is 138 Å². The molecule has 3 rings (SSSR count). The molecule has 0 unspecified atom stereocenters. The molecule has 0 fully saturated rings. The van der Waals surface area contributed by atoms with Crippen LogP contribution in [-0.4, -0.2) is 39.9 Å². The van der Waals surface area contributed by atoms with Gasteiger partial charge in [0, 0.05) is 6.54 Å². The molecule has 0 saturated carbocycles. The van der Waals surface area contributed by atoms with Crippen molar-refractivity contribution < 1.29 is 26.0 Å². The number of hydrogen-bond donors (Lipinski definition) is 2. The Morgan fingerprint density at radius 2 is 2.12 bits per heavy atom. The third-order valence-corrected chi connectivity index (χ3v) is 4.41. The minimum atomic E-state index is -4.59. The van der Waals surface area contributed by atoms with Gasteiger partial charge in [-0.15, -0.1) is 0 Å².